The van der Waals surface area contributed by atoms with Gasteiger partial charge in [0.25, 0.3) is 0 Å². The summed E-state index contributed by atoms with van der Waals surface area (Å²) in [5.74, 6) is -1.99. The van der Waals surface area contributed by atoms with E-state index >= 15 is 0 Å². The summed E-state index contributed by atoms with van der Waals surface area (Å²) in [6.07, 6.45) is 3.17. The smallest absolute Gasteiger partial charge is 0.247 e. The Labute approximate surface area is 129 Å². The molecule has 0 aliphatic heterocycles. The topological polar surface area (TPSA) is 55.2 Å². The fourth-order valence-corrected chi connectivity index (χ4v) is 4.09. The van der Waals surface area contributed by atoms with E-state index in [0.29, 0.717) is 11.6 Å². The molecule has 2 rings (SSSR count). The van der Waals surface area contributed by atoms with Crippen LogP contribution < -0.4 is 0 Å². The minimum absolute atomic E-state index is 0.0272. The highest BCUT2D eigenvalue weighted by Gasteiger charge is 2.28. The van der Waals surface area contributed by atoms with Gasteiger partial charge in [0.2, 0.25) is 10.0 Å². The Morgan fingerprint density at radius 3 is 2.57 bits per heavy atom. The highest BCUT2D eigenvalue weighted by Crippen LogP contribution is 2.29. The predicted octanol–water partition coefficient (Wildman–Crippen LogP) is 2.28. The lowest BCUT2D eigenvalue weighted by Gasteiger charge is -2.17. The number of aryl methyl sites for hydroxylation is 1. The zero-order valence-corrected chi connectivity index (χ0v) is 13.6. The van der Waals surface area contributed by atoms with E-state index in [0.717, 1.165) is 10.4 Å². The number of hydrogen-bond acceptors (Lipinski definition) is 3. The second-order valence-electron chi connectivity index (χ2n) is 4.48. The number of aromatic nitrogens is 2. The summed E-state index contributed by atoms with van der Waals surface area (Å²) < 4.78 is 54.0. The first-order valence-corrected chi connectivity index (χ1v) is 8.03. The third kappa shape index (κ3) is 3.30. The molecule has 21 heavy (non-hydrogen) atoms. The Kier molecular flexibility index (Phi) is 4.45. The number of sulfonamides is 1. The molecular weight excluding hydrogens is 368 g/mol. The average Bonchev–Trinajstić information content (AvgIpc) is 2.72. The van der Waals surface area contributed by atoms with Gasteiger partial charge in [-0.2, -0.15) is 9.40 Å². The van der Waals surface area contributed by atoms with E-state index in [9.17, 15) is 17.2 Å². The Hall–Kier alpha value is -1.32. The Morgan fingerprint density at radius 1 is 1.38 bits per heavy atom. The molecular formula is C12H12BrF2N3O2S. The molecule has 0 fully saturated rings. The summed E-state index contributed by atoms with van der Waals surface area (Å²) in [5, 5.41) is 3.93. The van der Waals surface area contributed by atoms with Gasteiger partial charge in [0.05, 0.1) is 6.20 Å². The van der Waals surface area contributed by atoms with E-state index in [4.69, 9.17) is 0 Å². The van der Waals surface area contributed by atoms with Gasteiger partial charge in [-0.3, -0.25) is 4.68 Å². The van der Waals surface area contributed by atoms with Gasteiger partial charge in [0.15, 0.2) is 0 Å². The summed E-state index contributed by atoms with van der Waals surface area (Å²) >= 11 is 2.89. The molecule has 0 bridgehead atoms. The zero-order valence-electron chi connectivity index (χ0n) is 11.2. The molecule has 0 aliphatic rings. The highest BCUT2D eigenvalue weighted by molar-refractivity contribution is 9.10. The van der Waals surface area contributed by atoms with E-state index < -0.39 is 26.6 Å². The van der Waals surface area contributed by atoms with E-state index in [1.54, 1.807) is 13.2 Å². The van der Waals surface area contributed by atoms with Crippen LogP contribution in [0.3, 0.4) is 0 Å². The molecule has 0 atom stereocenters. The Balaban J connectivity index is 2.38. The Bertz CT molecular complexity index is 754. The van der Waals surface area contributed by atoms with Crippen molar-refractivity contribution in [1.82, 2.24) is 14.1 Å². The maximum absolute atomic E-state index is 13.8. The second kappa shape index (κ2) is 5.82. The van der Waals surface area contributed by atoms with Gasteiger partial charge in [-0.1, -0.05) is 0 Å². The number of nitrogens with zero attached hydrogens (tertiary/aromatic N) is 3. The van der Waals surface area contributed by atoms with Crippen LogP contribution in [0.25, 0.3) is 0 Å². The first-order chi connectivity index (χ1) is 9.71. The van der Waals surface area contributed by atoms with Crippen LogP contribution in [-0.4, -0.2) is 29.6 Å². The molecule has 1 aromatic carbocycles. The summed E-state index contributed by atoms with van der Waals surface area (Å²) in [6.45, 7) is 0.0272. The van der Waals surface area contributed by atoms with Gasteiger partial charge in [0, 0.05) is 42.9 Å². The molecule has 9 heteroatoms. The largest absolute Gasteiger partial charge is 0.275 e. The quantitative estimate of drug-likeness (QED) is 0.818. The van der Waals surface area contributed by atoms with E-state index in [1.807, 2.05) is 0 Å². The third-order valence-electron chi connectivity index (χ3n) is 2.79. The molecule has 0 saturated carbocycles. The maximum atomic E-state index is 13.8. The van der Waals surface area contributed by atoms with Crippen LogP contribution in [0.1, 0.15) is 5.56 Å². The van der Waals surface area contributed by atoms with Gasteiger partial charge in [0.1, 0.15) is 16.5 Å². The predicted molar refractivity (Wildman–Crippen MR) is 75.9 cm³/mol. The molecule has 0 unspecified atom stereocenters. The third-order valence-corrected chi connectivity index (χ3v) is 5.56. The zero-order chi connectivity index (χ0) is 15.8. The molecule has 5 nitrogen and oxygen atoms in total. The van der Waals surface area contributed by atoms with Crippen molar-refractivity contribution in [3.8, 4) is 0 Å². The maximum Gasteiger partial charge on any atom is 0.247 e. The van der Waals surface area contributed by atoms with Crippen LogP contribution in [0.5, 0.6) is 0 Å². The first-order valence-electron chi connectivity index (χ1n) is 5.80. The van der Waals surface area contributed by atoms with Crippen molar-refractivity contribution in [1.29, 1.82) is 0 Å². The standard InChI is InChI=1S/C12H12BrF2N3O2S/c1-17-6-8(5-16-17)7-18(2)21(19,20)12-10(13)3-9(14)4-11(12)15/h3-6H,7H2,1-2H3. The van der Waals surface area contributed by atoms with Crippen molar-refractivity contribution < 1.29 is 17.2 Å². The van der Waals surface area contributed by atoms with Crippen molar-refractivity contribution in [3.05, 3.63) is 46.2 Å². The molecule has 1 heterocycles. The summed E-state index contributed by atoms with van der Waals surface area (Å²) in [4.78, 5) is -0.588. The van der Waals surface area contributed by atoms with E-state index in [-0.39, 0.29) is 11.0 Å². The molecule has 0 saturated heterocycles. The molecule has 114 valence electrons. The summed E-state index contributed by atoms with van der Waals surface area (Å²) in [6, 6.07) is 1.45. The molecule has 0 N–H and O–H groups in total. The van der Waals surface area contributed by atoms with Crippen LogP contribution in [0.15, 0.2) is 33.9 Å². The average molecular weight is 380 g/mol. The fourth-order valence-electron chi connectivity index (χ4n) is 1.83. The van der Waals surface area contributed by atoms with E-state index in [1.165, 1.54) is 17.9 Å². The molecule has 0 aliphatic carbocycles. The monoisotopic (exact) mass is 379 g/mol. The van der Waals surface area contributed by atoms with Crippen LogP contribution in [-0.2, 0) is 23.6 Å². The first kappa shape index (κ1) is 16.1. The van der Waals surface area contributed by atoms with Crippen molar-refractivity contribution >= 4 is 26.0 Å². The second-order valence-corrected chi connectivity index (χ2v) is 7.32. The SMILES string of the molecule is CN(Cc1cnn(C)c1)S(=O)(=O)c1c(F)cc(F)cc1Br. The number of benzene rings is 1. The minimum atomic E-state index is -4.10. The highest BCUT2D eigenvalue weighted by atomic mass is 79.9. The Morgan fingerprint density at radius 2 is 2.05 bits per heavy atom. The fraction of sp³-hybridized carbons (Fsp3) is 0.250. The lowest BCUT2D eigenvalue weighted by molar-refractivity contribution is 0.457. The van der Waals surface area contributed by atoms with Crippen LogP contribution in [0.4, 0.5) is 8.78 Å². The molecule has 2 aromatic rings. The number of rotatable bonds is 4. The van der Waals surface area contributed by atoms with Gasteiger partial charge in [-0.25, -0.2) is 17.2 Å². The van der Waals surface area contributed by atoms with Crippen molar-refractivity contribution in [2.75, 3.05) is 7.05 Å². The minimum Gasteiger partial charge on any atom is -0.275 e. The van der Waals surface area contributed by atoms with Gasteiger partial charge >= 0.3 is 0 Å². The van der Waals surface area contributed by atoms with Crippen LogP contribution >= 0.6 is 15.9 Å². The molecule has 0 spiro atoms. The number of hydrogen-bond donors (Lipinski definition) is 0. The lowest BCUT2D eigenvalue weighted by Crippen LogP contribution is -2.27. The van der Waals surface area contributed by atoms with Crippen molar-refractivity contribution in [3.63, 3.8) is 0 Å². The summed E-state index contributed by atoms with van der Waals surface area (Å²) in [7, 11) is -1.08. The van der Waals surface area contributed by atoms with E-state index in [2.05, 4.69) is 21.0 Å². The molecule has 0 radical (unpaired) electrons. The van der Waals surface area contributed by atoms with Gasteiger partial charge in [-0.05, 0) is 22.0 Å². The van der Waals surface area contributed by atoms with Crippen molar-refractivity contribution in [2.45, 2.75) is 11.4 Å². The normalized spacial score (nSPS) is 12.1. The van der Waals surface area contributed by atoms with Gasteiger partial charge in [-0.15, -0.1) is 0 Å². The molecule has 0 amide bonds. The van der Waals surface area contributed by atoms with Gasteiger partial charge < -0.3 is 0 Å². The molecule has 1 aromatic heterocycles. The lowest BCUT2D eigenvalue weighted by atomic mass is 10.3. The summed E-state index contributed by atoms with van der Waals surface area (Å²) in [5.41, 5.74) is 0.655. The van der Waals surface area contributed by atoms with Crippen molar-refractivity contribution in [2.24, 2.45) is 7.05 Å². The van der Waals surface area contributed by atoms with Crippen LogP contribution in [0.2, 0.25) is 0 Å². The van der Waals surface area contributed by atoms with Crippen LogP contribution in [0, 0.1) is 11.6 Å². The number of halogens is 3.